The van der Waals surface area contributed by atoms with Gasteiger partial charge in [0.05, 0.1) is 11.9 Å². The number of carbonyl (C=O) groups is 1. The van der Waals surface area contributed by atoms with Gasteiger partial charge in [-0.2, -0.15) is 5.10 Å². The molecular weight excluding hydrogens is 395 g/mol. The summed E-state index contributed by atoms with van der Waals surface area (Å²) in [5.74, 6) is -0.680. The van der Waals surface area contributed by atoms with Crippen molar-refractivity contribution in [1.82, 2.24) is 24.4 Å². The summed E-state index contributed by atoms with van der Waals surface area (Å²) in [6, 6.07) is 7.01. The smallest absolute Gasteiger partial charge is 0.280 e. The predicted octanol–water partition coefficient (Wildman–Crippen LogP) is 3.39. The normalized spacial score (nSPS) is 19.6. The molecule has 0 saturated carbocycles. The molecule has 3 aromatic rings. The molecule has 0 aliphatic carbocycles. The second-order valence-corrected chi connectivity index (χ2v) is 7.75. The molecule has 156 valence electrons. The zero-order chi connectivity index (χ0) is 20.8. The second-order valence-electron chi connectivity index (χ2n) is 7.75. The molecule has 2 aliphatic rings. The minimum Gasteiger partial charge on any atom is -0.336 e. The van der Waals surface area contributed by atoms with Crippen molar-refractivity contribution in [3.8, 4) is 11.3 Å². The summed E-state index contributed by atoms with van der Waals surface area (Å²) in [6.45, 7) is 3.08. The molecule has 2 aromatic heterocycles. The zero-order valence-electron chi connectivity index (χ0n) is 16.1. The van der Waals surface area contributed by atoms with Crippen LogP contribution in [0.5, 0.6) is 0 Å². The Hall–Kier alpha value is -2.94. The average Bonchev–Trinajstić information content (AvgIpc) is 3.39. The minimum atomic E-state index is -2.81. The van der Waals surface area contributed by atoms with Crippen molar-refractivity contribution in [3.63, 3.8) is 0 Å². The van der Waals surface area contributed by atoms with Gasteiger partial charge in [-0.25, -0.2) is 22.7 Å². The van der Waals surface area contributed by atoms with Crippen LogP contribution in [0.15, 0.2) is 36.5 Å². The second kappa shape index (κ2) is 7.39. The first-order valence-electron chi connectivity index (χ1n) is 9.97. The number of alkyl halides is 2. The Morgan fingerprint density at radius 2 is 1.93 bits per heavy atom. The number of amides is 1. The van der Waals surface area contributed by atoms with Gasteiger partial charge < -0.3 is 4.90 Å². The lowest BCUT2D eigenvalue weighted by molar-refractivity contribution is 0.0573. The van der Waals surface area contributed by atoms with Crippen LogP contribution < -0.4 is 0 Å². The van der Waals surface area contributed by atoms with E-state index in [1.54, 1.807) is 4.90 Å². The first-order valence-corrected chi connectivity index (χ1v) is 9.97. The maximum atomic E-state index is 13.7. The van der Waals surface area contributed by atoms with Gasteiger partial charge in [0.2, 0.25) is 0 Å². The molecule has 5 rings (SSSR count). The summed E-state index contributed by atoms with van der Waals surface area (Å²) in [5.41, 5.74) is 0.658. The third-order valence-corrected chi connectivity index (χ3v) is 5.97. The molecule has 0 radical (unpaired) electrons. The van der Waals surface area contributed by atoms with Gasteiger partial charge in [0.1, 0.15) is 17.1 Å². The highest BCUT2D eigenvalue weighted by atomic mass is 19.3. The standard InChI is InChI=1S/C21H20F3N5O/c22-14-5-3-13(4-6-14)17-10-18(19(23)24)29-20(26-17)16(11-25-29)21(30)28-9-8-27-7-1-2-15(27)12-28/h3-6,10-11,15,19H,1-2,7-9,12H2/t15-/m0/s1. The van der Waals surface area contributed by atoms with Crippen LogP contribution >= 0.6 is 0 Å². The van der Waals surface area contributed by atoms with Crippen LogP contribution in [0.4, 0.5) is 13.2 Å². The van der Waals surface area contributed by atoms with Crippen molar-refractivity contribution in [3.05, 3.63) is 53.6 Å². The van der Waals surface area contributed by atoms with Gasteiger partial charge in [0.15, 0.2) is 5.65 Å². The van der Waals surface area contributed by atoms with Gasteiger partial charge in [0, 0.05) is 31.2 Å². The van der Waals surface area contributed by atoms with Crippen LogP contribution in [0, 0.1) is 5.82 Å². The Morgan fingerprint density at radius 3 is 2.70 bits per heavy atom. The maximum Gasteiger partial charge on any atom is 0.280 e. The van der Waals surface area contributed by atoms with Crippen LogP contribution in [0.25, 0.3) is 16.9 Å². The van der Waals surface area contributed by atoms with Gasteiger partial charge in [-0.15, -0.1) is 0 Å². The van der Waals surface area contributed by atoms with Gasteiger partial charge in [-0.05, 0) is 49.7 Å². The van der Waals surface area contributed by atoms with Crippen molar-refractivity contribution in [2.75, 3.05) is 26.2 Å². The fourth-order valence-electron chi connectivity index (χ4n) is 4.41. The first kappa shape index (κ1) is 19.0. The fraction of sp³-hybridized carbons (Fsp3) is 0.381. The SMILES string of the molecule is O=C(c1cnn2c(C(F)F)cc(-c3ccc(F)cc3)nc12)N1CCN2CCC[C@H]2C1. The Kier molecular flexibility index (Phi) is 4.69. The summed E-state index contributed by atoms with van der Waals surface area (Å²) < 4.78 is 41.7. The summed E-state index contributed by atoms with van der Waals surface area (Å²) in [4.78, 5) is 21.8. The molecule has 1 atom stereocenters. The minimum absolute atomic E-state index is 0.0889. The number of aromatic nitrogens is 3. The van der Waals surface area contributed by atoms with Crippen molar-refractivity contribution < 1.29 is 18.0 Å². The molecule has 0 unspecified atom stereocenters. The van der Waals surface area contributed by atoms with Crippen molar-refractivity contribution in [2.45, 2.75) is 25.3 Å². The molecule has 0 N–H and O–H groups in total. The lowest BCUT2D eigenvalue weighted by atomic mass is 10.1. The Morgan fingerprint density at radius 1 is 1.13 bits per heavy atom. The number of rotatable bonds is 3. The number of benzene rings is 1. The highest BCUT2D eigenvalue weighted by Gasteiger charge is 2.34. The predicted molar refractivity (Wildman–Crippen MR) is 104 cm³/mol. The molecule has 2 saturated heterocycles. The van der Waals surface area contributed by atoms with Crippen LogP contribution in [0.2, 0.25) is 0 Å². The number of hydrogen-bond acceptors (Lipinski definition) is 4. The summed E-state index contributed by atoms with van der Waals surface area (Å²) >= 11 is 0. The van der Waals surface area contributed by atoms with Crippen molar-refractivity contribution >= 4 is 11.6 Å². The van der Waals surface area contributed by atoms with Crippen LogP contribution in [-0.2, 0) is 0 Å². The quantitative estimate of drug-likeness (QED) is 0.658. The Labute approximate surface area is 170 Å². The number of piperazine rings is 1. The number of carbonyl (C=O) groups excluding carboxylic acids is 1. The summed E-state index contributed by atoms with van der Waals surface area (Å²) in [7, 11) is 0. The van der Waals surface area contributed by atoms with E-state index in [0.717, 1.165) is 30.4 Å². The third-order valence-electron chi connectivity index (χ3n) is 5.97. The largest absolute Gasteiger partial charge is 0.336 e. The highest BCUT2D eigenvalue weighted by Crippen LogP contribution is 2.28. The van der Waals surface area contributed by atoms with Crippen LogP contribution in [0.1, 0.15) is 35.3 Å². The molecule has 30 heavy (non-hydrogen) atoms. The lowest BCUT2D eigenvalue weighted by Crippen LogP contribution is -2.52. The molecule has 2 fully saturated rings. The van der Waals surface area contributed by atoms with E-state index in [1.165, 1.54) is 36.5 Å². The molecule has 9 heteroatoms. The van der Waals surface area contributed by atoms with Crippen LogP contribution in [-0.4, -0.2) is 62.5 Å². The topological polar surface area (TPSA) is 53.7 Å². The van der Waals surface area contributed by atoms with Gasteiger partial charge in [-0.3, -0.25) is 9.69 Å². The average molecular weight is 415 g/mol. The molecule has 6 nitrogen and oxygen atoms in total. The number of nitrogens with zero attached hydrogens (tertiary/aromatic N) is 5. The molecule has 1 amide bonds. The van der Waals surface area contributed by atoms with E-state index in [0.29, 0.717) is 24.7 Å². The summed E-state index contributed by atoms with van der Waals surface area (Å²) in [6.07, 6.45) is 0.691. The van der Waals surface area contributed by atoms with Crippen molar-refractivity contribution in [2.24, 2.45) is 0 Å². The number of halogens is 3. The van der Waals surface area contributed by atoms with Gasteiger partial charge in [0.25, 0.3) is 12.3 Å². The van der Waals surface area contributed by atoms with Crippen molar-refractivity contribution in [1.29, 1.82) is 0 Å². The molecule has 2 aliphatic heterocycles. The summed E-state index contributed by atoms with van der Waals surface area (Å²) in [5, 5.41) is 4.03. The molecule has 0 spiro atoms. The fourth-order valence-corrected chi connectivity index (χ4v) is 4.41. The van der Waals surface area contributed by atoms with E-state index in [4.69, 9.17) is 0 Å². The third kappa shape index (κ3) is 3.23. The van der Waals surface area contributed by atoms with E-state index >= 15 is 0 Å². The van der Waals surface area contributed by atoms with E-state index in [-0.39, 0.29) is 28.5 Å². The van der Waals surface area contributed by atoms with E-state index < -0.39 is 12.2 Å². The number of fused-ring (bicyclic) bond motifs is 2. The Balaban J connectivity index is 1.55. The van der Waals surface area contributed by atoms with Crippen LogP contribution in [0.3, 0.4) is 0 Å². The molecular formula is C21H20F3N5O. The zero-order valence-corrected chi connectivity index (χ0v) is 16.1. The maximum absolute atomic E-state index is 13.7. The Bertz CT molecular complexity index is 1100. The molecule has 4 heterocycles. The molecule has 1 aromatic carbocycles. The lowest BCUT2D eigenvalue weighted by Gasteiger charge is -2.37. The van der Waals surface area contributed by atoms with Gasteiger partial charge in [-0.1, -0.05) is 0 Å². The van der Waals surface area contributed by atoms with E-state index in [1.807, 2.05) is 0 Å². The van der Waals surface area contributed by atoms with E-state index in [2.05, 4.69) is 15.0 Å². The van der Waals surface area contributed by atoms with E-state index in [9.17, 15) is 18.0 Å². The monoisotopic (exact) mass is 415 g/mol. The number of hydrogen-bond donors (Lipinski definition) is 0. The molecule has 0 bridgehead atoms. The highest BCUT2D eigenvalue weighted by molar-refractivity contribution is 6.00. The first-order chi connectivity index (χ1) is 14.5. The van der Waals surface area contributed by atoms with Gasteiger partial charge >= 0.3 is 0 Å².